The lowest BCUT2D eigenvalue weighted by Gasteiger charge is -2.15. The summed E-state index contributed by atoms with van der Waals surface area (Å²) in [5, 5.41) is 0. The highest BCUT2D eigenvalue weighted by Crippen LogP contribution is 2.43. The Hall–Kier alpha value is -2.21. The summed E-state index contributed by atoms with van der Waals surface area (Å²) in [7, 11) is -2.89. The number of carbonyl (C=O) groups is 1. The van der Waals surface area contributed by atoms with Crippen molar-refractivity contribution >= 4 is 13.3 Å². The van der Waals surface area contributed by atoms with Gasteiger partial charge in [-0.15, -0.1) is 0 Å². The molecule has 2 aromatic rings. The van der Waals surface area contributed by atoms with E-state index < -0.39 is 42.4 Å². The van der Waals surface area contributed by atoms with Crippen LogP contribution >= 0.6 is 7.80 Å². The molecule has 0 fully saturated rings. The lowest BCUT2D eigenvalue weighted by atomic mass is 10.0. The Morgan fingerprint density at radius 2 is 1.23 bits per heavy atom. The van der Waals surface area contributed by atoms with E-state index in [9.17, 15) is 35.7 Å². The van der Waals surface area contributed by atoms with Crippen LogP contribution in [0, 0.1) is 0 Å². The van der Waals surface area contributed by atoms with E-state index in [2.05, 4.69) is 0 Å². The average molecular weight is 463 g/mol. The number of benzene rings is 2. The van der Waals surface area contributed by atoms with Crippen molar-refractivity contribution in [3.63, 3.8) is 0 Å². The second kappa shape index (κ2) is 10.9. The van der Waals surface area contributed by atoms with Gasteiger partial charge in [0.05, 0.1) is 16.7 Å². The van der Waals surface area contributed by atoms with E-state index in [0.717, 1.165) is 25.7 Å². The van der Waals surface area contributed by atoms with Crippen molar-refractivity contribution in [1.82, 2.24) is 0 Å². The molecule has 0 aliphatic carbocycles. The maximum Gasteiger partial charge on any atom is 0.420 e. The van der Waals surface area contributed by atoms with E-state index in [1.165, 1.54) is 5.56 Å². The third-order valence-corrected chi connectivity index (χ3v) is 6.18. The van der Waals surface area contributed by atoms with Gasteiger partial charge in [0.1, 0.15) is 0 Å². The Balaban J connectivity index is 1.92. The summed E-state index contributed by atoms with van der Waals surface area (Å²) in [5.41, 5.74) is -5.36. The fourth-order valence-corrected chi connectivity index (χ4v) is 4.45. The van der Waals surface area contributed by atoms with Gasteiger partial charge in [0.25, 0.3) is 0 Å². The third-order valence-electron chi connectivity index (χ3n) is 4.79. The normalized spacial score (nSPS) is 12.6. The SMILES string of the molecule is O=C(c1c(C(F)(F)F)cccc1C(F)(F)F)[P+](=O)CCCCCCCc1ccccc1. The van der Waals surface area contributed by atoms with E-state index >= 15 is 0 Å². The molecule has 2 nitrogen and oxygen atoms in total. The maximum atomic E-state index is 13.2. The standard InChI is InChI=1S/C22H22F6O2P/c23-21(24,25)17-13-9-14-18(22(26,27)28)19(17)20(29)31(30)15-8-3-1-2-5-10-16-11-6-4-7-12-16/h4,6-7,9,11-14H,1-3,5,8,10,15H2/q+1. The quantitative estimate of drug-likeness (QED) is 0.204. The first kappa shape index (κ1) is 25.1. The predicted octanol–water partition coefficient (Wildman–Crippen LogP) is 7.89. The molecule has 0 saturated heterocycles. The highest BCUT2D eigenvalue weighted by atomic mass is 31.1. The molecule has 0 aliphatic rings. The van der Waals surface area contributed by atoms with Crippen LogP contribution in [0.3, 0.4) is 0 Å². The van der Waals surface area contributed by atoms with Crippen LogP contribution in [0.5, 0.6) is 0 Å². The zero-order chi connectivity index (χ0) is 23.1. The van der Waals surface area contributed by atoms with Crippen molar-refractivity contribution in [2.75, 3.05) is 6.16 Å². The molecule has 31 heavy (non-hydrogen) atoms. The Morgan fingerprint density at radius 3 is 1.77 bits per heavy atom. The molecule has 2 rings (SSSR count). The van der Waals surface area contributed by atoms with Crippen LogP contribution < -0.4 is 0 Å². The summed E-state index contributed by atoms with van der Waals surface area (Å²) in [4.78, 5) is 12.3. The van der Waals surface area contributed by atoms with E-state index in [-0.39, 0.29) is 6.16 Å². The average Bonchev–Trinajstić information content (AvgIpc) is 2.71. The molecule has 0 heterocycles. The summed E-state index contributed by atoms with van der Waals surface area (Å²) < 4.78 is 91.3. The van der Waals surface area contributed by atoms with Gasteiger partial charge in [0, 0.05) is 0 Å². The molecule has 0 amide bonds. The molecule has 0 saturated carbocycles. The zero-order valence-electron chi connectivity index (χ0n) is 16.6. The number of rotatable bonds is 10. The summed E-state index contributed by atoms with van der Waals surface area (Å²) in [5.74, 6) is 0. The predicted molar refractivity (Wildman–Crippen MR) is 106 cm³/mol. The van der Waals surface area contributed by atoms with Gasteiger partial charge in [-0.1, -0.05) is 53.8 Å². The molecule has 0 N–H and O–H groups in total. The summed E-state index contributed by atoms with van der Waals surface area (Å²) in [6, 6.07) is 11.3. The molecule has 1 atom stereocenters. The lowest BCUT2D eigenvalue weighted by Crippen LogP contribution is -2.19. The van der Waals surface area contributed by atoms with Gasteiger partial charge in [-0.2, -0.15) is 26.3 Å². The minimum Gasteiger partial charge on any atom is -0.234 e. The maximum absolute atomic E-state index is 13.2. The van der Waals surface area contributed by atoms with Crippen LogP contribution in [0.2, 0.25) is 0 Å². The van der Waals surface area contributed by atoms with Crippen LogP contribution in [0.15, 0.2) is 48.5 Å². The number of aryl methyl sites for hydroxylation is 1. The first-order valence-corrected chi connectivity index (χ1v) is 11.3. The van der Waals surface area contributed by atoms with Gasteiger partial charge in [0.15, 0.2) is 6.16 Å². The Labute approximate surface area is 177 Å². The molecule has 0 aliphatic heterocycles. The highest BCUT2D eigenvalue weighted by Gasteiger charge is 2.47. The Bertz CT molecular complexity index is 859. The molecule has 1 unspecified atom stereocenters. The fraction of sp³-hybridized carbons (Fsp3) is 0.409. The minimum absolute atomic E-state index is 0.240. The monoisotopic (exact) mass is 463 g/mol. The van der Waals surface area contributed by atoms with E-state index in [1.54, 1.807) is 0 Å². The lowest BCUT2D eigenvalue weighted by molar-refractivity contribution is -0.143. The number of halogens is 6. The van der Waals surface area contributed by atoms with Gasteiger partial charge >= 0.3 is 25.7 Å². The minimum atomic E-state index is -5.17. The van der Waals surface area contributed by atoms with Crippen molar-refractivity contribution in [3.05, 3.63) is 70.8 Å². The first-order chi connectivity index (χ1) is 14.5. The molecule has 9 heteroatoms. The highest BCUT2D eigenvalue weighted by molar-refractivity contribution is 7.64. The fourth-order valence-electron chi connectivity index (χ4n) is 3.24. The van der Waals surface area contributed by atoms with Crippen LogP contribution in [-0.2, 0) is 23.3 Å². The summed E-state index contributed by atoms with van der Waals surface area (Å²) in [6.07, 6.45) is -6.19. The van der Waals surface area contributed by atoms with Gasteiger partial charge in [-0.25, -0.2) is 4.79 Å². The summed E-state index contributed by atoms with van der Waals surface area (Å²) in [6.45, 7) is 0. The molecule has 0 spiro atoms. The second-order valence-corrected chi connectivity index (χ2v) is 8.74. The van der Waals surface area contributed by atoms with Crippen LogP contribution in [-0.4, -0.2) is 11.7 Å². The number of hydrogen-bond donors (Lipinski definition) is 0. The van der Waals surface area contributed by atoms with Gasteiger partial charge in [-0.05, 0) is 43.4 Å². The third kappa shape index (κ3) is 7.46. The van der Waals surface area contributed by atoms with Gasteiger partial charge in [-0.3, -0.25) is 0 Å². The number of hydrogen-bond acceptors (Lipinski definition) is 2. The van der Waals surface area contributed by atoms with Crippen molar-refractivity contribution < 1.29 is 35.7 Å². The van der Waals surface area contributed by atoms with Crippen LogP contribution in [0.25, 0.3) is 0 Å². The summed E-state index contributed by atoms with van der Waals surface area (Å²) >= 11 is 0. The van der Waals surface area contributed by atoms with Gasteiger partial charge < -0.3 is 0 Å². The molecular weight excluding hydrogens is 441 g/mol. The molecule has 2 aromatic carbocycles. The zero-order valence-corrected chi connectivity index (χ0v) is 17.5. The molecule has 0 bridgehead atoms. The number of carbonyl (C=O) groups excluding carboxylic acids is 1. The molecule has 0 radical (unpaired) electrons. The first-order valence-electron chi connectivity index (χ1n) is 9.82. The molecular formula is C22H22F6O2P+. The smallest absolute Gasteiger partial charge is 0.234 e. The Morgan fingerprint density at radius 1 is 0.710 bits per heavy atom. The number of alkyl halides is 6. The van der Waals surface area contributed by atoms with Gasteiger partial charge in [0.2, 0.25) is 0 Å². The van der Waals surface area contributed by atoms with Crippen molar-refractivity contribution in [3.8, 4) is 0 Å². The van der Waals surface area contributed by atoms with Crippen molar-refractivity contribution in [2.24, 2.45) is 0 Å². The molecule has 168 valence electrons. The van der Waals surface area contributed by atoms with Crippen molar-refractivity contribution in [1.29, 1.82) is 0 Å². The van der Waals surface area contributed by atoms with E-state index in [4.69, 9.17) is 0 Å². The molecule has 0 aromatic heterocycles. The second-order valence-electron chi connectivity index (χ2n) is 7.13. The van der Waals surface area contributed by atoms with E-state index in [1.807, 2.05) is 30.3 Å². The Kier molecular flexibility index (Phi) is 8.80. The topological polar surface area (TPSA) is 34.1 Å². The van der Waals surface area contributed by atoms with E-state index in [0.29, 0.717) is 31.0 Å². The van der Waals surface area contributed by atoms with Crippen LogP contribution in [0.4, 0.5) is 26.3 Å². The van der Waals surface area contributed by atoms with Crippen LogP contribution in [0.1, 0.15) is 59.2 Å². The van der Waals surface area contributed by atoms with Crippen molar-refractivity contribution in [2.45, 2.75) is 50.9 Å². The largest absolute Gasteiger partial charge is 0.420 e. The number of unbranched alkanes of at least 4 members (excludes halogenated alkanes) is 4.